The Balaban J connectivity index is 2.15. The Morgan fingerprint density at radius 1 is 1.10 bits per heavy atom. The zero-order valence-corrected chi connectivity index (χ0v) is 12.9. The number of fused-ring (bicyclic) bond motifs is 1. The molecule has 1 heterocycles. The fourth-order valence-corrected chi connectivity index (χ4v) is 3.26. The molecule has 0 radical (unpaired) electrons. The molecular weight excluding hydrogens is 336 g/mol. The Bertz CT molecular complexity index is 768. The zero-order chi connectivity index (χ0) is 14.1. The first kappa shape index (κ1) is 13.6. The van der Waals surface area contributed by atoms with Crippen LogP contribution in [0.3, 0.4) is 0 Å². The summed E-state index contributed by atoms with van der Waals surface area (Å²) < 4.78 is 0.915. The first-order valence-electron chi connectivity index (χ1n) is 6.20. The molecule has 0 spiro atoms. The van der Waals surface area contributed by atoms with Crippen LogP contribution in [0.4, 0.5) is 0 Å². The highest BCUT2D eigenvalue weighted by atomic mass is 79.9. The second-order valence-electron chi connectivity index (χ2n) is 4.59. The maximum absolute atomic E-state index is 6.43. The molecule has 0 fully saturated rings. The first-order valence-corrected chi connectivity index (χ1v) is 7.37. The standard InChI is InChI=1S/C16H12BrClN2/c17-15-8-11(18)4-5-13(15)16(19)12-3-1-2-10-6-7-20-9-14(10)12/h1-9,16H,19H2. The van der Waals surface area contributed by atoms with E-state index in [4.69, 9.17) is 17.3 Å². The van der Waals surface area contributed by atoms with Gasteiger partial charge in [-0.25, -0.2) is 0 Å². The lowest BCUT2D eigenvalue weighted by Gasteiger charge is -2.16. The van der Waals surface area contributed by atoms with Crippen molar-refractivity contribution in [2.24, 2.45) is 5.73 Å². The van der Waals surface area contributed by atoms with Crippen molar-refractivity contribution in [2.45, 2.75) is 6.04 Å². The molecule has 2 N–H and O–H groups in total. The van der Waals surface area contributed by atoms with Crippen LogP contribution < -0.4 is 5.73 Å². The van der Waals surface area contributed by atoms with Gasteiger partial charge in [0.25, 0.3) is 0 Å². The summed E-state index contributed by atoms with van der Waals surface area (Å²) in [5, 5.41) is 2.90. The Morgan fingerprint density at radius 3 is 2.75 bits per heavy atom. The molecule has 0 amide bonds. The van der Waals surface area contributed by atoms with E-state index in [1.54, 1.807) is 6.20 Å². The summed E-state index contributed by atoms with van der Waals surface area (Å²) in [7, 11) is 0. The second-order valence-corrected chi connectivity index (χ2v) is 5.88. The predicted molar refractivity (Wildman–Crippen MR) is 86.9 cm³/mol. The second kappa shape index (κ2) is 5.52. The van der Waals surface area contributed by atoms with Crippen LogP contribution in [0.15, 0.2) is 59.3 Å². The van der Waals surface area contributed by atoms with Gasteiger partial charge in [-0.1, -0.05) is 51.8 Å². The molecule has 0 saturated carbocycles. The number of rotatable bonds is 2. The van der Waals surface area contributed by atoms with Crippen molar-refractivity contribution in [3.8, 4) is 0 Å². The SMILES string of the molecule is NC(c1ccc(Cl)cc1Br)c1cccc2ccncc12. The monoisotopic (exact) mass is 346 g/mol. The van der Waals surface area contributed by atoms with Crippen LogP contribution in [0.2, 0.25) is 5.02 Å². The lowest BCUT2D eigenvalue weighted by molar-refractivity contribution is 0.874. The summed E-state index contributed by atoms with van der Waals surface area (Å²) in [6.07, 6.45) is 3.64. The molecule has 100 valence electrons. The number of halogens is 2. The Kier molecular flexibility index (Phi) is 3.74. The maximum Gasteiger partial charge on any atom is 0.0569 e. The molecular formula is C16H12BrClN2. The molecule has 4 heteroatoms. The minimum absolute atomic E-state index is 0.227. The molecule has 1 unspecified atom stereocenters. The van der Waals surface area contributed by atoms with E-state index in [2.05, 4.69) is 27.0 Å². The number of hydrogen-bond acceptors (Lipinski definition) is 2. The van der Waals surface area contributed by atoms with Crippen LogP contribution in [0, 0.1) is 0 Å². The molecule has 2 aromatic carbocycles. The summed E-state index contributed by atoms with van der Waals surface area (Å²) in [6, 6.07) is 13.5. The summed E-state index contributed by atoms with van der Waals surface area (Å²) >= 11 is 9.51. The van der Waals surface area contributed by atoms with Crippen LogP contribution in [-0.4, -0.2) is 4.98 Å². The summed E-state index contributed by atoms with van der Waals surface area (Å²) in [5.41, 5.74) is 8.49. The van der Waals surface area contributed by atoms with Crippen molar-refractivity contribution >= 4 is 38.3 Å². The van der Waals surface area contributed by atoms with E-state index < -0.39 is 0 Å². The van der Waals surface area contributed by atoms with E-state index in [1.807, 2.05) is 42.6 Å². The Morgan fingerprint density at radius 2 is 1.95 bits per heavy atom. The molecule has 1 atom stereocenters. The summed E-state index contributed by atoms with van der Waals surface area (Å²) in [5.74, 6) is 0. The number of benzene rings is 2. The van der Waals surface area contributed by atoms with Gasteiger partial charge in [-0.15, -0.1) is 0 Å². The van der Waals surface area contributed by atoms with Gasteiger partial charge in [-0.3, -0.25) is 4.98 Å². The minimum Gasteiger partial charge on any atom is -0.320 e. The van der Waals surface area contributed by atoms with Crippen molar-refractivity contribution in [1.29, 1.82) is 0 Å². The van der Waals surface area contributed by atoms with Crippen LogP contribution in [-0.2, 0) is 0 Å². The third kappa shape index (κ3) is 2.44. The maximum atomic E-state index is 6.43. The van der Waals surface area contributed by atoms with Crippen LogP contribution >= 0.6 is 27.5 Å². The molecule has 3 rings (SSSR count). The molecule has 3 aromatic rings. The predicted octanol–water partition coefficient (Wildman–Crippen LogP) is 4.70. The first-order chi connectivity index (χ1) is 9.66. The van der Waals surface area contributed by atoms with E-state index in [-0.39, 0.29) is 6.04 Å². The largest absolute Gasteiger partial charge is 0.320 e. The van der Waals surface area contributed by atoms with Crippen LogP contribution in [0.1, 0.15) is 17.2 Å². The van der Waals surface area contributed by atoms with Gasteiger partial charge in [0.05, 0.1) is 6.04 Å². The third-order valence-electron chi connectivity index (χ3n) is 3.35. The van der Waals surface area contributed by atoms with Gasteiger partial charge in [0, 0.05) is 27.3 Å². The molecule has 0 aliphatic carbocycles. The topological polar surface area (TPSA) is 38.9 Å². The van der Waals surface area contributed by atoms with E-state index in [1.165, 1.54) is 0 Å². The number of hydrogen-bond donors (Lipinski definition) is 1. The number of aromatic nitrogens is 1. The van der Waals surface area contributed by atoms with Crippen molar-refractivity contribution in [1.82, 2.24) is 4.98 Å². The fourth-order valence-electron chi connectivity index (χ4n) is 2.33. The number of pyridine rings is 1. The molecule has 0 saturated heterocycles. The lowest BCUT2D eigenvalue weighted by Crippen LogP contribution is -2.13. The number of nitrogens with two attached hydrogens (primary N) is 1. The normalized spacial score (nSPS) is 12.6. The van der Waals surface area contributed by atoms with Crippen molar-refractivity contribution < 1.29 is 0 Å². The van der Waals surface area contributed by atoms with E-state index in [0.717, 1.165) is 26.4 Å². The van der Waals surface area contributed by atoms with Gasteiger partial charge in [0.1, 0.15) is 0 Å². The molecule has 20 heavy (non-hydrogen) atoms. The van der Waals surface area contributed by atoms with Gasteiger partial charge in [0.2, 0.25) is 0 Å². The van der Waals surface area contributed by atoms with E-state index in [9.17, 15) is 0 Å². The van der Waals surface area contributed by atoms with Crippen LogP contribution in [0.5, 0.6) is 0 Å². The lowest BCUT2D eigenvalue weighted by atomic mass is 9.95. The van der Waals surface area contributed by atoms with Crippen molar-refractivity contribution in [3.63, 3.8) is 0 Å². The smallest absolute Gasteiger partial charge is 0.0569 e. The average molecular weight is 348 g/mol. The average Bonchev–Trinajstić information content (AvgIpc) is 2.46. The van der Waals surface area contributed by atoms with Gasteiger partial charge >= 0.3 is 0 Å². The highest BCUT2D eigenvalue weighted by Gasteiger charge is 2.15. The van der Waals surface area contributed by atoms with Crippen LogP contribution in [0.25, 0.3) is 10.8 Å². The van der Waals surface area contributed by atoms with Crippen molar-refractivity contribution in [2.75, 3.05) is 0 Å². The summed E-state index contributed by atoms with van der Waals surface area (Å²) in [6.45, 7) is 0. The Hall–Kier alpha value is -1.42. The molecule has 0 aliphatic rings. The van der Waals surface area contributed by atoms with Gasteiger partial charge in [0.15, 0.2) is 0 Å². The number of nitrogens with zero attached hydrogens (tertiary/aromatic N) is 1. The summed E-state index contributed by atoms with van der Waals surface area (Å²) in [4.78, 5) is 4.20. The molecule has 0 bridgehead atoms. The Labute approximate surface area is 130 Å². The van der Waals surface area contributed by atoms with Crippen molar-refractivity contribution in [3.05, 3.63) is 75.5 Å². The highest BCUT2D eigenvalue weighted by Crippen LogP contribution is 2.32. The minimum atomic E-state index is -0.227. The molecule has 2 nitrogen and oxygen atoms in total. The zero-order valence-electron chi connectivity index (χ0n) is 10.6. The highest BCUT2D eigenvalue weighted by molar-refractivity contribution is 9.10. The van der Waals surface area contributed by atoms with Gasteiger partial charge < -0.3 is 5.73 Å². The third-order valence-corrected chi connectivity index (χ3v) is 4.27. The molecule has 1 aromatic heterocycles. The van der Waals surface area contributed by atoms with E-state index >= 15 is 0 Å². The van der Waals surface area contributed by atoms with Gasteiger partial charge in [-0.05, 0) is 34.7 Å². The van der Waals surface area contributed by atoms with Gasteiger partial charge in [-0.2, -0.15) is 0 Å². The quantitative estimate of drug-likeness (QED) is 0.730. The fraction of sp³-hybridized carbons (Fsp3) is 0.0625. The molecule has 0 aliphatic heterocycles. The van der Waals surface area contributed by atoms with E-state index in [0.29, 0.717) is 5.02 Å².